The van der Waals surface area contributed by atoms with Gasteiger partial charge >= 0.3 is 0 Å². The van der Waals surface area contributed by atoms with Crippen LogP contribution in [0.3, 0.4) is 0 Å². The van der Waals surface area contributed by atoms with Crippen LogP contribution in [0.15, 0.2) is 151 Å². The molecule has 0 saturated heterocycles. The summed E-state index contributed by atoms with van der Waals surface area (Å²) in [6.07, 6.45) is 0. The number of amidine groups is 1. The molecule has 0 saturated carbocycles. The molecule has 0 N–H and O–H groups in total. The Morgan fingerprint density at radius 2 is 0.867 bits per heavy atom. The molecule has 0 radical (unpaired) electrons. The topological polar surface area (TPSA) is 15.6 Å². The highest BCUT2D eigenvalue weighted by molar-refractivity contribution is 6.25. The molecule has 0 spiro atoms. The lowest BCUT2D eigenvalue weighted by Crippen LogP contribution is -2.53. The fourth-order valence-corrected chi connectivity index (χ4v) is 7.22. The second-order valence-corrected chi connectivity index (χ2v) is 13.1. The van der Waals surface area contributed by atoms with E-state index >= 15 is 0 Å². The van der Waals surface area contributed by atoms with Crippen LogP contribution in [0.1, 0.15) is 33.3 Å². The summed E-state index contributed by atoms with van der Waals surface area (Å²) in [5.41, 5.74) is 6.84. The smallest absolute Gasteiger partial charge is 0.136 e. The number of benzene rings is 7. The van der Waals surface area contributed by atoms with Crippen molar-refractivity contribution < 1.29 is 0 Å². The van der Waals surface area contributed by atoms with E-state index in [-0.39, 0.29) is 11.1 Å². The zero-order valence-electron chi connectivity index (χ0n) is 26.3. The molecule has 0 atom stereocenters. The molecule has 7 aromatic carbocycles. The number of hydrogen-bond donors (Lipinski definition) is 0. The van der Waals surface area contributed by atoms with Crippen molar-refractivity contribution in [2.24, 2.45) is 4.99 Å². The van der Waals surface area contributed by atoms with Gasteiger partial charge in [-0.25, -0.2) is 0 Å². The maximum absolute atomic E-state index is 5.35. The molecule has 0 aliphatic carbocycles. The number of aliphatic imine (C=N–C) groups is 1. The van der Waals surface area contributed by atoms with Crippen LogP contribution in [0.2, 0.25) is 0 Å². The summed E-state index contributed by atoms with van der Waals surface area (Å²) < 4.78 is 0. The molecule has 1 aliphatic rings. The van der Waals surface area contributed by atoms with Gasteiger partial charge in [0.1, 0.15) is 5.84 Å². The normalized spacial score (nSPS) is 15.6. The first-order valence-electron chi connectivity index (χ1n) is 15.8. The summed E-state index contributed by atoms with van der Waals surface area (Å²) >= 11 is 0. The Balaban J connectivity index is 1.43. The molecule has 45 heavy (non-hydrogen) atoms. The van der Waals surface area contributed by atoms with Crippen molar-refractivity contribution in [3.8, 4) is 22.3 Å². The minimum atomic E-state index is -0.280. The molecular formula is C43H36N2. The van der Waals surface area contributed by atoms with Crippen LogP contribution in [-0.4, -0.2) is 16.9 Å². The van der Waals surface area contributed by atoms with Gasteiger partial charge in [-0.15, -0.1) is 0 Å². The van der Waals surface area contributed by atoms with Gasteiger partial charge in [-0.3, -0.25) is 4.99 Å². The van der Waals surface area contributed by atoms with Gasteiger partial charge in [-0.05, 0) is 82.9 Å². The number of fused-ring (bicyclic) bond motifs is 3. The average molecular weight is 581 g/mol. The van der Waals surface area contributed by atoms with Gasteiger partial charge in [-0.1, -0.05) is 140 Å². The Hall–Kier alpha value is -5.21. The number of anilines is 1. The third kappa shape index (κ3) is 4.13. The van der Waals surface area contributed by atoms with E-state index in [1.165, 1.54) is 60.3 Å². The van der Waals surface area contributed by atoms with E-state index in [2.05, 4.69) is 178 Å². The van der Waals surface area contributed by atoms with Crippen LogP contribution >= 0.6 is 0 Å². The summed E-state index contributed by atoms with van der Waals surface area (Å²) in [5, 5.41) is 7.54. The van der Waals surface area contributed by atoms with Gasteiger partial charge in [-0.2, -0.15) is 0 Å². The molecular weight excluding hydrogens is 544 g/mol. The van der Waals surface area contributed by atoms with Crippen molar-refractivity contribution in [3.63, 3.8) is 0 Å². The van der Waals surface area contributed by atoms with Gasteiger partial charge in [0, 0.05) is 10.9 Å². The molecule has 2 nitrogen and oxygen atoms in total. The highest BCUT2D eigenvalue weighted by Crippen LogP contribution is 2.49. The second kappa shape index (κ2) is 10.2. The molecule has 1 aliphatic heterocycles. The fourth-order valence-electron chi connectivity index (χ4n) is 7.22. The van der Waals surface area contributed by atoms with Crippen molar-refractivity contribution in [2.75, 3.05) is 4.90 Å². The van der Waals surface area contributed by atoms with Crippen LogP contribution in [-0.2, 0) is 0 Å². The standard InChI is InChI=1S/C43H36N2/c1-42(2)43(3,4)45(41(44-42)30-19-9-6-10-20-30)38-28-27-37(31-21-11-12-22-32(31)38)40-35-25-15-13-23-33(35)39(29-17-7-5-8-18-29)34-24-14-16-26-36(34)40/h5-28H,1-4H3. The minimum Gasteiger partial charge on any atom is -0.318 e. The fraction of sp³-hybridized carbons (Fsp3) is 0.140. The molecule has 8 rings (SSSR count). The highest BCUT2D eigenvalue weighted by atomic mass is 15.3. The number of rotatable bonds is 4. The molecule has 0 fully saturated rings. The van der Waals surface area contributed by atoms with Crippen LogP contribution in [0, 0.1) is 0 Å². The zero-order chi connectivity index (χ0) is 30.8. The monoisotopic (exact) mass is 580 g/mol. The van der Waals surface area contributed by atoms with Crippen molar-refractivity contribution in [1.29, 1.82) is 0 Å². The Morgan fingerprint density at radius 1 is 0.422 bits per heavy atom. The molecule has 0 amide bonds. The van der Waals surface area contributed by atoms with Gasteiger partial charge < -0.3 is 4.90 Å². The Labute approximate surface area is 265 Å². The first-order valence-corrected chi connectivity index (χ1v) is 15.8. The summed E-state index contributed by atoms with van der Waals surface area (Å²) in [7, 11) is 0. The molecule has 0 bridgehead atoms. The summed E-state index contributed by atoms with van der Waals surface area (Å²) in [4.78, 5) is 7.83. The van der Waals surface area contributed by atoms with E-state index in [0.29, 0.717) is 0 Å². The molecule has 7 aromatic rings. The molecule has 0 unspecified atom stereocenters. The van der Waals surface area contributed by atoms with Crippen molar-refractivity contribution in [2.45, 2.75) is 38.8 Å². The molecule has 218 valence electrons. The maximum atomic E-state index is 5.35. The van der Waals surface area contributed by atoms with Crippen molar-refractivity contribution in [1.82, 2.24) is 0 Å². The van der Waals surface area contributed by atoms with Crippen LogP contribution < -0.4 is 4.90 Å². The molecule has 1 heterocycles. The minimum absolute atomic E-state index is 0.251. The quantitative estimate of drug-likeness (QED) is 0.189. The van der Waals surface area contributed by atoms with E-state index in [9.17, 15) is 0 Å². The van der Waals surface area contributed by atoms with Crippen LogP contribution in [0.4, 0.5) is 5.69 Å². The third-order valence-corrected chi connectivity index (χ3v) is 10.1. The predicted molar refractivity (Wildman–Crippen MR) is 193 cm³/mol. The number of nitrogens with zero attached hydrogens (tertiary/aromatic N) is 2. The van der Waals surface area contributed by atoms with Crippen LogP contribution in [0.25, 0.3) is 54.6 Å². The molecule has 0 aromatic heterocycles. The highest BCUT2D eigenvalue weighted by Gasteiger charge is 2.50. The van der Waals surface area contributed by atoms with Gasteiger partial charge in [0.15, 0.2) is 0 Å². The zero-order valence-corrected chi connectivity index (χ0v) is 26.3. The maximum Gasteiger partial charge on any atom is 0.136 e. The number of hydrogen-bond acceptors (Lipinski definition) is 2. The summed E-state index contributed by atoms with van der Waals surface area (Å²) in [6, 6.07) is 52.8. The lowest BCUT2D eigenvalue weighted by molar-refractivity contribution is 0.338. The summed E-state index contributed by atoms with van der Waals surface area (Å²) in [6.45, 7) is 9.13. The summed E-state index contributed by atoms with van der Waals surface area (Å²) in [5.74, 6) is 1.02. The predicted octanol–water partition coefficient (Wildman–Crippen LogP) is 11.3. The van der Waals surface area contributed by atoms with E-state index in [1.54, 1.807) is 0 Å². The SMILES string of the molecule is CC1(C)N=C(c2ccccc2)N(c2ccc(-c3c4ccccc4c(-c4ccccc4)c4ccccc34)c3ccccc23)C1(C)C. The lowest BCUT2D eigenvalue weighted by atomic mass is 9.82. The first kappa shape index (κ1) is 27.3. The van der Waals surface area contributed by atoms with Gasteiger partial charge in [0.2, 0.25) is 0 Å². The molecule has 2 heteroatoms. The lowest BCUT2D eigenvalue weighted by Gasteiger charge is -2.42. The third-order valence-electron chi connectivity index (χ3n) is 10.1. The Bertz CT molecular complexity index is 2200. The van der Waals surface area contributed by atoms with E-state index < -0.39 is 0 Å². The Morgan fingerprint density at radius 3 is 1.42 bits per heavy atom. The second-order valence-electron chi connectivity index (χ2n) is 13.1. The average Bonchev–Trinajstić information content (AvgIpc) is 3.27. The van der Waals surface area contributed by atoms with Gasteiger partial charge in [0.05, 0.1) is 16.8 Å². The Kier molecular flexibility index (Phi) is 6.18. The van der Waals surface area contributed by atoms with E-state index in [4.69, 9.17) is 4.99 Å². The van der Waals surface area contributed by atoms with E-state index in [0.717, 1.165) is 11.4 Å². The van der Waals surface area contributed by atoms with Gasteiger partial charge in [0.25, 0.3) is 0 Å². The van der Waals surface area contributed by atoms with Crippen LogP contribution in [0.5, 0.6) is 0 Å². The largest absolute Gasteiger partial charge is 0.318 e. The van der Waals surface area contributed by atoms with Crippen molar-refractivity contribution in [3.05, 3.63) is 151 Å². The van der Waals surface area contributed by atoms with Crippen molar-refractivity contribution >= 4 is 43.8 Å². The first-order chi connectivity index (χ1) is 21.9. The van der Waals surface area contributed by atoms with E-state index in [1.807, 2.05) is 0 Å².